The van der Waals surface area contributed by atoms with Crippen molar-refractivity contribution in [2.24, 2.45) is 17.8 Å². The summed E-state index contributed by atoms with van der Waals surface area (Å²) >= 11 is 0. The normalized spacial score (nSPS) is 11.8. The van der Waals surface area contributed by atoms with Crippen molar-refractivity contribution in [3.05, 3.63) is 108 Å². The van der Waals surface area contributed by atoms with Crippen LogP contribution in [-0.2, 0) is 71.2 Å². The molecule has 3 unspecified atom stereocenters. The van der Waals surface area contributed by atoms with Gasteiger partial charge in [-0.15, -0.1) is 0 Å². The molecule has 0 aliphatic heterocycles. The average molecular weight is 1140 g/mol. The van der Waals surface area contributed by atoms with E-state index in [2.05, 4.69) is 20.8 Å². The standard InChI is InChI=1S/C22H42O6.C21H32O6.C20H22O6/c1-5-9-11-19(7-3)21(23)27-17-15-25-13-14-26-16-18-28-22(24)20(8-4)12-10-6-2;1-3-5-9-18(4-2)20(22)26-16-14-24-12-13-25-15-17-27-21(23)19-10-7-6-8-11-19;21-19(17-7-3-1-4-8-17)25-15-13-23-11-12-24-14-16-26-20(22)18-9-5-2-6-10-18/h19-20H,5-18H2,1-4H3;6-8,10-11,18H,3-5,9,12-17H2,1-2H3;1-10H,11-16H2. The highest BCUT2D eigenvalue weighted by atomic mass is 16.6. The van der Waals surface area contributed by atoms with Crippen molar-refractivity contribution < 1.29 is 85.6 Å². The Morgan fingerprint density at radius 3 is 0.679 bits per heavy atom. The number of rotatable bonds is 45. The van der Waals surface area contributed by atoms with Crippen molar-refractivity contribution in [2.45, 2.75) is 119 Å². The molecular formula is C63H96O18. The van der Waals surface area contributed by atoms with Crippen LogP contribution in [0.15, 0.2) is 91.0 Å². The zero-order valence-corrected chi connectivity index (χ0v) is 49.5. The van der Waals surface area contributed by atoms with Gasteiger partial charge >= 0.3 is 35.8 Å². The number of benzene rings is 3. The second-order valence-corrected chi connectivity index (χ2v) is 18.4. The summed E-state index contributed by atoms with van der Waals surface area (Å²) in [6.45, 7) is 18.1. The Morgan fingerprint density at radius 2 is 0.481 bits per heavy atom. The van der Waals surface area contributed by atoms with E-state index >= 15 is 0 Å². The molecule has 18 nitrogen and oxygen atoms in total. The molecule has 0 heterocycles. The summed E-state index contributed by atoms with van der Waals surface area (Å²) in [5, 5.41) is 0. The number of carbonyl (C=O) groups is 6. The van der Waals surface area contributed by atoms with E-state index in [1.165, 1.54) is 0 Å². The van der Waals surface area contributed by atoms with Crippen molar-refractivity contribution in [1.29, 1.82) is 0 Å². The summed E-state index contributed by atoms with van der Waals surface area (Å²) < 4.78 is 63.1. The Kier molecular flexibility index (Phi) is 47.3. The Hall–Kier alpha value is -5.76. The van der Waals surface area contributed by atoms with Crippen LogP contribution < -0.4 is 0 Å². The maximum Gasteiger partial charge on any atom is 0.338 e. The first-order valence-electron chi connectivity index (χ1n) is 29.2. The van der Waals surface area contributed by atoms with Crippen molar-refractivity contribution in [3.63, 3.8) is 0 Å². The fourth-order valence-corrected chi connectivity index (χ4v) is 7.29. The number of carbonyl (C=O) groups excluding carboxylic acids is 6. The van der Waals surface area contributed by atoms with Gasteiger partial charge in [-0.3, -0.25) is 14.4 Å². The highest BCUT2D eigenvalue weighted by Crippen LogP contribution is 2.16. The van der Waals surface area contributed by atoms with E-state index in [-0.39, 0.29) is 93.2 Å². The van der Waals surface area contributed by atoms with Crippen molar-refractivity contribution in [2.75, 3.05) is 119 Å². The number of ether oxygens (including phenoxy) is 12. The SMILES string of the molecule is CCCCC(CC)C(=O)OCCOCCOCCOC(=O)C(CC)CCCC.CCCCC(CC)C(=O)OCCOCCOCCOC(=O)c1ccccc1.O=C(OCCOCCOCCOC(=O)c1ccccc1)c1ccccc1. The van der Waals surface area contributed by atoms with Gasteiger partial charge in [0.2, 0.25) is 0 Å². The van der Waals surface area contributed by atoms with Crippen LogP contribution in [0.4, 0.5) is 0 Å². The van der Waals surface area contributed by atoms with Crippen molar-refractivity contribution in [3.8, 4) is 0 Å². The Bertz CT molecular complexity index is 1910. The second-order valence-electron chi connectivity index (χ2n) is 18.4. The lowest BCUT2D eigenvalue weighted by atomic mass is 10.00. The minimum Gasteiger partial charge on any atom is -0.463 e. The van der Waals surface area contributed by atoms with Gasteiger partial charge in [0.25, 0.3) is 0 Å². The van der Waals surface area contributed by atoms with E-state index in [4.69, 9.17) is 56.8 Å². The molecule has 0 aliphatic rings. The molecular weight excluding hydrogens is 1040 g/mol. The Labute approximate surface area is 482 Å². The van der Waals surface area contributed by atoms with E-state index in [0.717, 1.165) is 77.0 Å². The van der Waals surface area contributed by atoms with Crippen LogP contribution in [0.1, 0.15) is 150 Å². The monoisotopic (exact) mass is 1140 g/mol. The van der Waals surface area contributed by atoms with E-state index < -0.39 is 0 Å². The fraction of sp³-hybridized carbons (Fsp3) is 0.619. The number of hydrogen-bond donors (Lipinski definition) is 0. The third-order valence-electron chi connectivity index (χ3n) is 12.1. The molecule has 0 aromatic heterocycles. The van der Waals surface area contributed by atoms with Crippen LogP contribution in [0, 0.1) is 17.8 Å². The van der Waals surface area contributed by atoms with Crippen LogP contribution in [0.3, 0.4) is 0 Å². The first-order chi connectivity index (χ1) is 39.6. The van der Waals surface area contributed by atoms with Gasteiger partial charge in [-0.2, -0.15) is 0 Å². The number of hydrogen-bond acceptors (Lipinski definition) is 18. The van der Waals surface area contributed by atoms with Gasteiger partial charge in [0.1, 0.15) is 39.6 Å². The highest BCUT2D eigenvalue weighted by Gasteiger charge is 2.19. The topological polar surface area (TPSA) is 213 Å². The van der Waals surface area contributed by atoms with E-state index in [0.29, 0.717) is 96.0 Å². The minimum absolute atomic E-state index is 0.000252. The summed E-state index contributed by atoms with van der Waals surface area (Å²) in [5.41, 5.74) is 1.55. The highest BCUT2D eigenvalue weighted by molar-refractivity contribution is 5.90. The lowest BCUT2D eigenvalue weighted by molar-refractivity contribution is -0.152. The van der Waals surface area contributed by atoms with Gasteiger partial charge in [0, 0.05) is 0 Å². The maximum absolute atomic E-state index is 11.9. The smallest absolute Gasteiger partial charge is 0.338 e. The van der Waals surface area contributed by atoms with Crippen molar-refractivity contribution in [1.82, 2.24) is 0 Å². The van der Waals surface area contributed by atoms with Gasteiger partial charge in [-0.25, -0.2) is 14.4 Å². The molecule has 0 amide bonds. The predicted molar refractivity (Wildman–Crippen MR) is 308 cm³/mol. The molecule has 18 heteroatoms. The van der Waals surface area contributed by atoms with Gasteiger partial charge in [-0.1, -0.05) is 135 Å². The average Bonchev–Trinajstić information content (AvgIpc) is 3.50. The zero-order valence-electron chi connectivity index (χ0n) is 49.5. The fourth-order valence-electron chi connectivity index (χ4n) is 7.29. The Balaban J connectivity index is 0.000000608. The molecule has 0 saturated carbocycles. The predicted octanol–water partition coefficient (Wildman–Crippen LogP) is 10.9. The molecule has 0 bridgehead atoms. The first-order valence-corrected chi connectivity index (χ1v) is 29.2. The number of esters is 6. The maximum atomic E-state index is 11.9. The van der Waals surface area contributed by atoms with Crippen LogP contribution in [0.5, 0.6) is 0 Å². The summed E-state index contributed by atoms with van der Waals surface area (Å²) in [7, 11) is 0. The quantitative estimate of drug-likeness (QED) is 0.0292. The largest absolute Gasteiger partial charge is 0.463 e. The molecule has 3 atom stereocenters. The molecule has 0 N–H and O–H groups in total. The molecule has 3 rings (SSSR count). The summed E-state index contributed by atoms with van der Waals surface area (Å²) in [5.74, 6) is -1.49. The summed E-state index contributed by atoms with van der Waals surface area (Å²) in [4.78, 5) is 70.8. The lowest BCUT2D eigenvalue weighted by Gasteiger charge is -2.14. The van der Waals surface area contributed by atoms with Crippen LogP contribution >= 0.6 is 0 Å². The molecule has 0 spiro atoms. The molecule has 0 fully saturated rings. The van der Waals surface area contributed by atoms with Gasteiger partial charge in [-0.05, 0) is 74.9 Å². The lowest BCUT2D eigenvalue weighted by Crippen LogP contribution is -2.21. The molecule has 0 aliphatic carbocycles. The molecule has 3 aromatic carbocycles. The summed E-state index contributed by atoms with van der Waals surface area (Å²) in [6, 6.07) is 26.4. The number of unbranched alkanes of at least 4 members (excludes halogenated alkanes) is 3. The van der Waals surface area contributed by atoms with Crippen LogP contribution in [-0.4, -0.2) is 155 Å². The van der Waals surface area contributed by atoms with Crippen LogP contribution in [0.25, 0.3) is 0 Å². The third kappa shape index (κ3) is 39.3. The molecule has 3 aromatic rings. The minimum atomic E-state index is -0.370. The van der Waals surface area contributed by atoms with Gasteiger partial charge < -0.3 is 56.8 Å². The van der Waals surface area contributed by atoms with Crippen LogP contribution in [0.2, 0.25) is 0 Å². The van der Waals surface area contributed by atoms with Gasteiger partial charge in [0.05, 0.1) is 114 Å². The Morgan fingerprint density at radius 1 is 0.284 bits per heavy atom. The van der Waals surface area contributed by atoms with Gasteiger partial charge in [0.15, 0.2) is 0 Å². The molecule has 0 radical (unpaired) electrons. The second kappa shape index (κ2) is 52.3. The van der Waals surface area contributed by atoms with E-state index in [1.807, 2.05) is 39.0 Å². The molecule has 0 saturated heterocycles. The summed E-state index contributed by atoms with van der Waals surface area (Å²) in [6.07, 6.45) is 11.5. The van der Waals surface area contributed by atoms with E-state index in [9.17, 15) is 28.8 Å². The van der Waals surface area contributed by atoms with Crippen molar-refractivity contribution >= 4 is 35.8 Å². The third-order valence-corrected chi connectivity index (χ3v) is 12.1. The molecule has 81 heavy (non-hydrogen) atoms. The van der Waals surface area contributed by atoms with E-state index in [1.54, 1.807) is 72.8 Å². The molecule has 456 valence electrons. The zero-order chi connectivity index (χ0) is 59.2. The first kappa shape index (κ1) is 73.3.